The van der Waals surface area contributed by atoms with E-state index in [1.807, 2.05) is 24.3 Å². The quantitative estimate of drug-likeness (QED) is 0.267. The topological polar surface area (TPSA) is 121 Å². The molecule has 9 heteroatoms. The number of hydrogen-bond donors (Lipinski definition) is 1. The molecule has 4 rings (SSSR count). The largest absolute Gasteiger partial charge is 0.495 e. The first-order chi connectivity index (χ1) is 15.4. The summed E-state index contributed by atoms with van der Waals surface area (Å²) in [6.45, 7) is 0.919. The Kier molecular flexibility index (Phi) is 5.46. The van der Waals surface area contributed by atoms with Crippen LogP contribution in [0.2, 0.25) is 0 Å². The molecule has 0 unspecified atom stereocenters. The van der Waals surface area contributed by atoms with Crippen LogP contribution in [0.4, 0.5) is 11.4 Å². The Bertz CT molecular complexity index is 1370. The minimum absolute atomic E-state index is 0.188. The maximum absolute atomic E-state index is 12.4. The highest BCUT2D eigenvalue weighted by Gasteiger charge is 2.24. The highest BCUT2D eigenvalue weighted by atomic mass is 16.6. The monoisotopic (exact) mass is 434 g/mol. The number of ether oxygens (including phenoxy) is 2. The van der Waals surface area contributed by atoms with Crippen molar-refractivity contribution in [2.75, 3.05) is 19.0 Å². The van der Waals surface area contributed by atoms with Crippen LogP contribution < -0.4 is 10.1 Å². The molecule has 0 spiro atoms. The van der Waals surface area contributed by atoms with Gasteiger partial charge in [-0.2, -0.15) is 0 Å². The lowest BCUT2D eigenvalue weighted by atomic mass is 10.1. The molecule has 0 atom stereocenters. The first-order valence-electron chi connectivity index (χ1n) is 9.59. The van der Waals surface area contributed by atoms with Gasteiger partial charge >= 0.3 is 5.97 Å². The molecule has 1 N–H and O–H groups in total. The molecule has 0 aliphatic heterocycles. The van der Waals surface area contributed by atoms with Gasteiger partial charge in [0, 0.05) is 22.9 Å². The van der Waals surface area contributed by atoms with E-state index in [1.54, 1.807) is 25.1 Å². The van der Waals surface area contributed by atoms with E-state index in [1.165, 1.54) is 19.2 Å². The third kappa shape index (κ3) is 3.83. The van der Waals surface area contributed by atoms with Crippen molar-refractivity contribution in [3.8, 4) is 5.75 Å². The molecule has 0 fully saturated rings. The number of furan rings is 1. The van der Waals surface area contributed by atoms with Crippen LogP contribution in [0, 0.1) is 17.0 Å². The van der Waals surface area contributed by atoms with Gasteiger partial charge in [0.15, 0.2) is 6.61 Å². The molecule has 162 valence electrons. The van der Waals surface area contributed by atoms with E-state index in [0.717, 1.165) is 10.8 Å². The average Bonchev–Trinajstić information content (AvgIpc) is 3.14. The van der Waals surface area contributed by atoms with E-state index >= 15 is 0 Å². The normalized spacial score (nSPS) is 10.8. The molecule has 0 saturated carbocycles. The Labute approximate surface area is 181 Å². The van der Waals surface area contributed by atoms with Crippen molar-refractivity contribution in [2.45, 2.75) is 6.92 Å². The molecule has 0 bridgehead atoms. The summed E-state index contributed by atoms with van der Waals surface area (Å²) in [4.78, 5) is 35.3. The second-order valence-electron chi connectivity index (χ2n) is 7.00. The molecule has 0 radical (unpaired) electrons. The summed E-state index contributed by atoms with van der Waals surface area (Å²) in [5.41, 5.74) is 1.39. The molecule has 0 aliphatic carbocycles. The number of methoxy groups -OCH3 is 1. The Morgan fingerprint density at radius 2 is 1.84 bits per heavy atom. The number of benzene rings is 3. The zero-order valence-corrected chi connectivity index (χ0v) is 17.2. The van der Waals surface area contributed by atoms with Gasteiger partial charge in [0.1, 0.15) is 22.5 Å². The van der Waals surface area contributed by atoms with Crippen LogP contribution in [0.25, 0.3) is 21.9 Å². The number of carbonyl (C=O) groups excluding carboxylic acids is 2. The van der Waals surface area contributed by atoms with Crippen LogP contribution in [-0.2, 0) is 9.53 Å². The maximum atomic E-state index is 12.4. The lowest BCUT2D eigenvalue weighted by molar-refractivity contribution is -0.385. The van der Waals surface area contributed by atoms with Gasteiger partial charge in [-0.05, 0) is 24.6 Å². The third-order valence-corrected chi connectivity index (χ3v) is 4.96. The van der Waals surface area contributed by atoms with Crippen molar-refractivity contribution >= 4 is 45.2 Å². The fourth-order valence-electron chi connectivity index (χ4n) is 3.48. The van der Waals surface area contributed by atoms with Crippen LogP contribution in [0.15, 0.2) is 59.0 Å². The smallest absolute Gasteiger partial charge is 0.345 e. The summed E-state index contributed by atoms with van der Waals surface area (Å²) in [5.74, 6) is -1.19. The zero-order chi connectivity index (χ0) is 22.8. The van der Waals surface area contributed by atoms with Crippen LogP contribution in [0.1, 0.15) is 15.9 Å². The van der Waals surface area contributed by atoms with E-state index in [0.29, 0.717) is 28.2 Å². The number of rotatable bonds is 6. The van der Waals surface area contributed by atoms with E-state index in [2.05, 4.69) is 5.32 Å². The lowest BCUT2D eigenvalue weighted by Crippen LogP contribution is -2.22. The van der Waals surface area contributed by atoms with Crippen molar-refractivity contribution < 1.29 is 28.4 Å². The fraction of sp³-hybridized carbons (Fsp3) is 0.130. The Hall–Kier alpha value is -4.40. The van der Waals surface area contributed by atoms with Gasteiger partial charge in [0.05, 0.1) is 17.7 Å². The molecule has 0 saturated heterocycles. The van der Waals surface area contributed by atoms with Crippen molar-refractivity contribution in [1.82, 2.24) is 0 Å². The summed E-state index contributed by atoms with van der Waals surface area (Å²) in [7, 11) is 1.47. The van der Waals surface area contributed by atoms with Crippen molar-refractivity contribution in [3.63, 3.8) is 0 Å². The standard InChI is InChI=1S/C23H18N2O7/c1-13-6-5-8-17(25(28)29)22(13)23(27)31-12-21(26)24-16-11-19-15(10-20(16)30-2)14-7-3-4-9-18(14)32-19/h3-11H,12H2,1-2H3,(H,24,26). The third-order valence-electron chi connectivity index (χ3n) is 4.96. The van der Waals surface area contributed by atoms with Gasteiger partial charge in [0.25, 0.3) is 11.6 Å². The Balaban J connectivity index is 1.53. The first kappa shape index (κ1) is 20.9. The molecular formula is C23H18N2O7. The average molecular weight is 434 g/mol. The molecule has 3 aromatic carbocycles. The number of anilines is 1. The second-order valence-corrected chi connectivity index (χ2v) is 7.00. The number of aryl methyl sites for hydroxylation is 1. The molecule has 9 nitrogen and oxygen atoms in total. The SMILES string of the molecule is COc1cc2c(cc1NC(=O)COC(=O)c1c(C)cccc1[N+](=O)[O-])oc1ccccc12. The molecule has 1 heterocycles. The number of nitrogens with one attached hydrogen (secondary N) is 1. The number of nitro benzene ring substituents is 1. The van der Waals surface area contributed by atoms with Crippen molar-refractivity contribution in [3.05, 3.63) is 75.8 Å². The fourth-order valence-corrected chi connectivity index (χ4v) is 3.48. The van der Waals surface area contributed by atoms with Crippen LogP contribution in [0.5, 0.6) is 5.75 Å². The number of hydrogen-bond acceptors (Lipinski definition) is 7. The number of amides is 1. The van der Waals surface area contributed by atoms with E-state index in [-0.39, 0.29) is 11.3 Å². The predicted octanol–water partition coefficient (Wildman–Crippen LogP) is 4.61. The van der Waals surface area contributed by atoms with Gasteiger partial charge < -0.3 is 19.2 Å². The Morgan fingerprint density at radius 1 is 1.06 bits per heavy atom. The highest BCUT2D eigenvalue weighted by molar-refractivity contribution is 6.08. The number of nitrogens with zero attached hydrogens (tertiary/aromatic N) is 1. The Morgan fingerprint density at radius 3 is 2.59 bits per heavy atom. The summed E-state index contributed by atoms with van der Waals surface area (Å²) in [5, 5.41) is 15.6. The molecule has 1 aromatic heterocycles. The second kappa shape index (κ2) is 8.38. The van der Waals surface area contributed by atoms with Crippen LogP contribution in [0.3, 0.4) is 0 Å². The van der Waals surface area contributed by atoms with E-state index < -0.39 is 23.4 Å². The van der Waals surface area contributed by atoms with Crippen LogP contribution in [-0.4, -0.2) is 30.5 Å². The van der Waals surface area contributed by atoms with Gasteiger partial charge in [-0.15, -0.1) is 0 Å². The summed E-state index contributed by atoms with van der Waals surface area (Å²) >= 11 is 0. The number of nitro groups is 1. The van der Waals surface area contributed by atoms with Crippen molar-refractivity contribution in [1.29, 1.82) is 0 Å². The van der Waals surface area contributed by atoms with Gasteiger partial charge in [-0.1, -0.05) is 30.3 Å². The predicted molar refractivity (Wildman–Crippen MR) is 117 cm³/mol. The van der Waals surface area contributed by atoms with Crippen LogP contribution >= 0.6 is 0 Å². The van der Waals surface area contributed by atoms with E-state index in [4.69, 9.17) is 13.9 Å². The van der Waals surface area contributed by atoms with Crippen molar-refractivity contribution in [2.24, 2.45) is 0 Å². The number of para-hydroxylation sites is 1. The number of esters is 1. The molecule has 0 aliphatic rings. The minimum Gasteiger partial charge on any atom is -0.495 e. The number of carbonyl (C=O) groups is 2. The summed E-state index contributed by atoms with van der Waals surface area (Å²) in [6.07, 6.45) is 0. The summed E-state index contributed by atoms with van der Waals surface area (Å²) < 4.78 is 16.2. The first-order valence-corrected chi connectivity index (χ1v) is 9.59. The molecular weight excluding hydrogens is 416 g/mol. The van der Waals surface area contributed by atoms with Gasteiger partial charge in [-0.25, -0.2) is 4.79 Å². The lowest BCUT2D eigenvalue weighted by Gasteiger charge is -2.11. The molecule has 1 amide bonds. The van der Waals surface area contributed by atoms with Gasteiger partial charge in [0.2, 0.25) is 0 Å². The number of fused-ring (bicyclic) bond motifs is 3. The zero-order valence-electron chi connectivity index (χ0n) is 17.2. The summed E-state index contributed by atoms with van der Waals surface area (Å²) in [6, 6.07) is 15.1. The van der Waals surface area contributed by atoms with E-state index in [9.17, 15) is 19.7 Å². The maximum Gasteiger partial charge on any atom is 0.345 e. The minimum atomic E-state index is -0.954. The van der Waals surface area contributed by atoms with Gasteiger partial charge in [-0.3, -0.25) is 14.9 Å². The highest BCUT2D eigenvalue weighted by Crippen LogP contribution is 2.36. The molecule has 32 heavy (non-hydrogen) atoms. The molecule has 4 aromatic rings.